The second-order valence-electron chi connectivity index (χ2n) is 5.56. The third kappa shape index (κ3) is 4.08. The highest BCUT2D eigenvalue weighted by Gasteiger charge is 2.17. The summed E-state index contributed by atoms with van der Waals surface area (Å²) >= 11 is 1.76. The molecule has 0 amide bonds. The van der Waals surface area contributed by atoms with Gasteiger partial charge in [-0.25, -0.2) is 0 Å². The lowest BCUT2D eigenvalue weighted by Gasteiger charge is -2.18. The highest BCUT2D eigenvalue weighted by atomic mass is 32.1. The van der Waals surface area contributed by atoms with Crippen LogP contribution in [-0.4, -0.2) is 13.7 Å². The molecule has 21 heavy (non-hydrogen) atoms. The molecule has 0 aliphatic carbocycles. The lowest BCUT2D eigenvalue weighted by molar-refractivity contribution is 0.403. The maximum Gasteiger partial charge on any atom is 0.134 e. The van der Waals surface area contributed by atoms with Gasteiger partial charge in [0, 0.05) is 6.04 Å². The van der Waals surface area contributed by atoms with Gasteiger partial charge in [-0.2, -0.15) is 0 Å². The molecule has 2 rings (SSSR count). The van der Waals surface area contributed by atoms with Crippen molar-refractivity contribution in [2.24, 2.45) is 0 Å². The SMILES string of the molecule is CCNC(Cc1ccc(C(C)C)cc1)c1sccc1OC. The fourth-order valence-electron chi connectivity index (χ4n) is 2.51. The minimum atomic E-state index is 0.315. The largest absolute Gasteiger partial charge is 0.496 e. The summed E-state index contributed by atoms with van der Waals surface area (Å²) in [6.07, 6.45) is 0.989. The van der Waals surface area contributed by atoms with Gasteiger partial charge in [-0.1, -0.05) is 45.0 Å². The molecule has 0 radical (unpaired) electrons. The van der Waals surface area contributed by atoms with Crippen LogP contribution < -0.4 is 10.1 Å². The highest BCUT2D eigenvalue weighted by Crippen LogP contribution is 2.33. The Morgan fingerprint density at radius 3 is 2.43 bits per heavy atom. The zero-order valence-electron chi connectivity index (χ0n) is 13.3. The van der Waals surface area contributed by atoms with E-state index in [-0.39, 0.29) is 0 Å². The molecule has 0 spiro atoms. The smallest absolute Gasteiger partial charge is 0.134 e. The molecule has 1 aromatic heterocycles. The molecular weight excluding hydrogens is 278 g/mol. The Labute approximate surface area is 132 Å². The van der Waals surface area contributed by atoms with Gasteiger partial charge < -0.3 is 10.1 Å². The lowest BCUT2D eigenvalue weighted by Crippen LogP contribution is -2.22. The van der Waals surface area contributed by atoms with Gasteiger partial charge in [0.05, 0.1) is 12.0 Å². The van der Waals surface area contributed by atoms with Crippen molar-refractivity contribution < 1.29 is 4.74 Å². The van der Waals surface area contributed by atoms with Crippen LogP contribution in [-0.2, 0) is 6.42 Å². The molecule has 0 aliphatic rings. The maximum absolute atomic E-state index is 5.47. The first-order valence-electron chi connectivity index (χ1n) is 7.59. The molecule has 1 N–H and O–H groups in total. The number of rotatable bonds is 7. The summed E-state index contributed by atoms with van der Waals surface area (Å²) < 4.78 is 5.47. The van der Waals surface area contributed by atoms with Gasteiger partial charge in [-0.15, -0.1) is 11.3 Å². The van der Waals surface area contributed by atoms with Crippen molar-refractivity contribution in [1.29, 1.82) is 0 Å². The summed E-state index contributed by atoms with van der Waals surface area (Å²) in [6, 6.07) is 11.4. The topological polar surface area (TPSA) is 21.3 Å². The third-order valence-corrected chi connectivity index (χ3v) is 4.74. The Morgan fingerprint density at radius 2 is 1.86 bits per heavy atom. The minimum Gasteiger partial charge on any atom is -0.496 e. The van der Waals surface area contributed by atoms with Crippen LogP contribution in [0.25, 0.3) is 0 Å². The number of benzene rings is 1. The molecular formula is C18H25NOS. The van der Waals surface area contributed by atoms with Crippen LogP contribution in [0.1, 0.15) is 48.7 Å². The van der Waals surface area contributed by atoms with E-state index in [9.17, 15) is 0 Å². The van der Waals surface area contributed by atoms with E-state index in [2.05, 4.69) is 55.7 Å². The summed E-state index contributed by atoms with van der Waals surface area (Å²) in [5.74, 6) is 1.57. The summed E-state index contributed by atoms with van der Waals surface area (Å²) in [5.41, 5.74) is 2.76. The molecule has 0 aliphatic heterocycles. The van der Waals surface area contributed by atoms with E-state index in [1.165, 1.54) is 16.0 Å². The van der Waals surface area contributed by atoms with E-state index in [1.807, 2.05) is 6.07 Å². The van der Waals surface area contributed by atoms with E-state index in [4.69, 9.17) is 4.74 Å². The van der Waals surface area contributed by atoms with E-state index in [0.717, 1.165) is 18.7 Å². The zero-order chi connectivity index (χ0) is 15.2. The average molecular weight is 303 g/mol. The molecule has 3 heteroatoms. The first-order chi connectivity index (χ1) is 10.2. The Kier molecular flexibility index (Phi) is 5.83. The van der Waals surface area contributed by atoms with E-state index >= 15 is 0 Å². The summed E-state index contributed by atoms with van der Waals surface area (Å²) in [6.45, 7) is 7.56. The van der Waals surface area contributed by atoms with Crippen molar-refractivity contribution in [3.63, 3.8) is 0 Å². The second-order valence-corrected chi connectivity index (χ2v) is 6.51. The van der Waals surface area contributed by atoms with Crippen molar-refractivity contribution in [3.8, 4) is 5.75 Å². The second kappa shape index (κ2) is 7.62. The predicted molar refractivity (Wildman–Crippen MR) is 91.5 cm³/mol. The molecule has 2 nitrogen and oxygen atoms in total. The monoisotopic (exact) mass is 303 g/mol. The molecule has 1 atom stereocenters. The van der Waals surface area contributed by atoms with Crippen LogP contribution in [0.2, 0.25) is 0 Å². The highest BCUT2D eigenvalue weighted by molar-refractivity contribution is 7.10. The Morgan fingerprint density at radius 1 is 1.14 bits per heavy atom. The number of methoxy groups -OCH3 is 1. The number of thiophene rings is 1. The fraction of sp³-hybridized carbons (Fsp3) is 0.444. The quantitative estimate of drug-likeness (QED) is 0.795. The standard InChI is InChI=1S/C18H25NOS/c1-5-19-16(18-17(20-4)10-11-21-18)12-14-6-8-15(9-7-14)13(2)3/h6-11,13,16,19H,5,12H2,1-4H3. The number of ether oxygens (including phenoxy) is 1. The van der Waals surface area contributed by atoms with E-state index in [1.54, 1.807) is 18.4 Å². The molecule has 1 heterocycles. The van der Waals surface area contributed by atoms with Gasteiger partial charge in [0.1, 0.15) is 5.75 Å². The van der Waals surface area contributed by atoms with Crippen LogP contribution in [0.3, 0.4) is 0 Å². The Balaban J connectivity index is 2.16. The number of nitrogens with one attached hydrogen (secondary N) is 1. The molecule has 1 unspecified atom stereocenters. The van der Waals surface area contributed by atoms with Crippen LogP contribution in [0.5, 0.6) is 5.75 Å². The van der Waals surface area contributed by atoms with Crippen LogP contribution >= 0.6 is 11.3 Å². The van der Waals surface area contributed by atoms with Gasteiger partial charge >= 0.3 is 0 Å². The zero-order valence-corrected chi connectivity index (χ0v) is 14.2. The number of hydrogen-bond donors (Lipinski definition) is 1. The van der Waals surface area contributed by atoms with Gasteiger partial charge in [-0.3, -0.25) is 0 Å². The van der Waals surface area contributed by atoms with Crippen molar-refractivity contribution >= 4 is 11.3 Å². The minimum absolute atomic E-state index is 0.315. The average Bonchev–Trinajstić information content (AvgIpc) is 2.95. The van der Waals surface area contributed by atoms with Crippen molar-refractivity contribution in [1.82, 2.24) is 5.32 Å². The molecule has 114 valence electrons. The maximum atomic E-state index is 5.47. The van der Waals surface area contributed by atoms with Crippen LogP contribution in [0, 0.1) is 0 Å². The van der Waals surface area contributed by atoms with Crippen molar-refractivity contribution in [2.75, 3.05) is 13.7 Å². The number of likely N-dealkylation sites (N-methyl/N-ethyl adjacent to an activating group) is 1. The van der Waals surface area contributed by atoms with Gasteiger partial charge in [-0.05, 0) is 41.5 Å². The van der Waals surface area contributed by atoms with Crippen LogP contribution in [0.4, 0.5) is 0 Å². The first-order valence-corrected chi connectivity index (χ1v) is 8.47. The van der Waals surface area contributed by atoms with E-state index in [0.29, 0.717) is 12.0 Å². The van der Waals surface area contributed by atoms with E-state index < -0.39 is 0 Å². The normalized spacial score (nSPS) is 12.6. The Bertz CT molecular complexity index is 545. The summed E-state index contributed by atoms with van der Waals surface area (Å²) in [5, 5.41) is 5.67. The van der Waals surface area contributed by atoms with Crippen molar-refractivity contribution in [3.05, 3.63) is 51.7 Å². The number of hydrogen-bond acceptors (Lipinski definition) is 3. The fourth-order valence-corrected chi connectivity index (χ4v) is 3.45. The van der Waals surface area contributed by atoms with Gasteiger partial charge in [0.25, 0.3) is 0 Å². The summed E-state index contributed by atoms with van der Waals surface area (Å²) in [7, 11) is 1.74. The first kappa shape index (κ1) is 16.1. The third-order valence-electron chi connectivity index (χ3n) is 3.73. The molecule has 0 saturated heterocycles. The van der Waals surface area contributed by atoms with Gasteiger partial charge in [0.15, 0.2) is 0 Å². The Hall–Kier alpha value is -1.32. The lowest BCUT2D eigenvalue weighted by atomic mass is 9.98. The van der Waals surface area contributed by atoms with Gasteiger partial charge in [0.2, 0.25) is 0 Å². The molecule has 0 saturated carbocycles. The molecule has 0 bridgehead atoms. The predicted octanol–water partition coefficient (Wildman–Crippen LogP) is 4.77. The molecule has 0 fully saturated rings. The van der Waals surface area contributed by atoms with Crippen molar-refractivity contribution in [2.45, 2.75) is 39.2 Å². The summed E-state index contributed by atoms with van der Waals surface area (Å²) in [4.78, 5) is 1.28. The molecule has 2 aromatic rings. The molecule has 1 aromatic carbocycles. The van der Waals surface area contributed by atoms with Crippen LogP contribution in [0.15, 0.2) is 35.7 Å².